The maximum absolute atomic E-state index is 11.9. The average Bonchev–Trinajstić information content (AvgIpc) is 2.33. The zero-order chi connectivity index (χ0) is 15.9. The number of carboxylic acids is 1. The predicted molar refractivity (Wildman–Crippen MR) is 79.8 cm³/mol. The number of carbonyl (C=O) groups is 3. The zero-order valence-corrected chi connectivity index (χ0v) is 13.5. The summed E-state index contributed by atoms with van der Waals surface area (Å²) < 4.78 is 0. The third kappa shape index (κ3) is 6.27. The van der Waals surface area contributed by atoms with Crippen molar-refractivity contribution in [3.63, 3.8) is 0 Å². The highest BCUT2D eigenvalue weighted by molar-refractivity contribution is 7.98. The number of urea groups is 1. The molecule has 2 N–H and O–H groups in total. The van der Waals surface area contributed by atoms with Gasteiger partial charge in [-0.05, 0) is 39.2 Å². The van der Waals surface area contributed by atoms with Crippen LogP contribution < -0.4 is 5.32 Å². The standard InChI is InChI=1S/C13H24N2O4S/c1-9(6-7-20-5)15(4)12(19)14-10(16)8-13(2,3)11(17)18/h9H,6-8H2,1-5H3,(H,17,18)(H,14,16,19). The molecule has 0 saturated heterocycles. The minimum atomic E-state index is -1.19. The molecule has 6 nitrogen and oxygen atoms in total. The van der Waals surface area contributed by atoms with Gasteiger partial charge in [0.1, 0.15) is 0 Å². The lowest BCUT2D eigenvalue weighted by Crippen LogP contribution is -2.46. The van der Waals surface area contributed by atoms with Crippen LogP contribution in [0, 0.1) is 5.41 Å². The molecule has 0 aromatic heterocycles. The first-order valence-corrected chi connectivity index (χ1v) is 7.80. The lowest BCUT2D eigenvalue weighted by molar-refractivity contribution is -0.149. The number of nitrogens with zero attached hydrogens (tertiary/aromatic N) is 1. The van der Waals surface area contributed by atoms with Gasteiger partial charge in [0.25, 0.3) is 0 Å². The normalized spacial score (nSPS) is 12.7. The number of imide groups is 1. The van der Waals surface area contributed by atoms with Gasteiger partial charge in [0, 0.05) is 19.5 Å². The van der Waals surface area contributed by atoms with E-state index in [9.17, 15) is 14.4 Å². The molecule has 0 radical (unpaired) electrons. The number of amides is 3. The molecule has 0 aliphatic heterocycles. The van der Waals surface area contributed by atoms with Crippen molar-refractivity contribution in [1.29, 1.82) is 0 Å². The lowest BCUT2D eigenvalue weighted by Gasteiger charge is -2.25. The van der Waals surface area contributed by atoms with Crippen LogP contribution in [-0.4, -0.2) is 53.0 Å². The summed E-state index contributed by atoms with van der Waals surface area (Å²) in [6, 6.07) is -0.479. The zero-order valence-electron chi connectivity index (χ0n) is 12.7. The second-order valence-corrected chi connectivity index (χ2v) is 6.45. The van der Waals surface area contributed by atoms with Crippen molar-refractivity contribution in [3.05, 3.63) is 0 Å². The van der Waals surface area contributed by atoms with E-state index in [2.05, 4.69) is 5.32 Å². The summed E-state index contributed by atoms with van der Waals surface area (Å²) in [5.41, 5.74) is -1.19. The molecule has 0 saturated carbocycles. The third-order valence-electron chi connectivity index (χ3n) is 3.15. The van der Waals surface area contributed by atoms with E-state index in [0.717, 1.165) is 12.2 Å². The number of carbonyl (C=O) groups excluding carboxylic acids is 2. The molecule has 7 heteroatoms. The topological polar surface area (TPSA) is 86.7 Å². The lowest BCUT2D eigenvalue weighted by atomic mass is 9.89. The highest BCUT2D eigenvalue weighted by Crippen LogP contribution is 2.20. The second-order valence-electron chi connectivity index (χ2n) is 5.46. The van der Waals surface area contributed by atoms with Crippen LogP contribution >= 0.6 is 11.8 Å². The fourth-order valence-corrected chi connectivity index (χ4v) is 1.99. The van der Waals surface area contributed by atoms with Crippen molar-refractivity contribution in [2.24, 2.45) is 5.41 Å². The first-order chi connectivity index (χ1) is 9.11. The minimum Gasteiger partial charge on any atom is -0.481 e. The van der Waals surface area contributed by atoms with Crippen LogP contribution in [-0.2, 0) is 9.59 Å². The molecule has 20 heavy (non-hydrogen) atoms. The van der Waals surface area contributed by atoms with E-state index in [1.807, 2.05) is 13.2 Å². The maximum Gasteiger partial charge on any atom is 0.324 e. The molecular weight excluding hydrogens is 280 g/mol. The summed E-state index contributed by atoms with van der Waals surface area (Å²) in [7, 11) is 1.62. The molecule has 0 rings (SSSR count). The van der Waals surface area contributed by atoms with Gasteiger partial charge in [-0.25, -0.2) is 4.79 Å². The van der Waals surface area contributed by atoms with Crippen molar-refractivity contribution >= 4 is 29.7 Å². The van der Waals surface area contributed by atoms with E-state index in [1.165, 1.54) is 18.7 Å². The van der Waals surface area contributed by atoms with Crippen molar-refractivity contribution in [2.75, 3.05) is 19.1 Å². The van der Waals surface area contributed by atoms with Gasteiger partial charge in [0.15, 0.2) is 0 Å². The molecule has 0 fully saturated rings. The summed E-state index contributed by atoms with van der Waals surface area (Å²) in [6.45, 7) is 4.80. The molecule has 1 unspecified atom stereocenters. The molecule has 0 aromatic carbocycles. The Morgan fingerprint density at radius 3 is 2.35 bits per heavy atom. The number of hydrogen-bond donors (Lipinski definition) is 2. The molecule has 116 valence electrons. The second kappa shape index (κ2) is 8.14. The molecule has 0 aliphatic carbocycles. The van der Waals surface area contributed by atoms with Gasteiger partial charge in [0.05, 0.1) is 5.41 Å². The van der Waals surface area contributed by atoms with Gasteiger partial charge in [-0.15, -0.1) is 0 Å². The van der Waals surface area contributed by atoms with Crippen LogP contribution in [0.4, 0.5) is 4.79 Å². The Morgan fingerprint density at radius 2 is 1.90 bits per heavy atom. The van der Waals surface area contributed by atoms with Crippen molar-refractivity contribution in [2.45, 2.75) is 39.7 Å². The SMILES string of the molecule is CSCCC(C)N(C)C(=O)NC(=O)CC(C)(C)C(=O)O. The van der Waals surface area contributed by atoms with Crippen LogP contribution in [0.1, 0.15) is 33.6 Å². The largest absolute Gasteiger partial charge is 0.481 e. The summed E-state index contributed by atoms with van der Waals surface area (Å²) in [5, 5.41) is 11.2. The number of nitrogens with one attached hydrogen (secondary N) is 1. The summed E-state index contributed by atoms with van der Waals surface area (Å²) in [6.07, 6.45) is 2.59. The van der Waals surface area contributed by atoms with Gasteiger partial charge in [-0.1, -0.05) is 0 Å². The van der Waals surface area contributed by atoms with Crippen LogP contribution in [0.3, 0.4) is 0 Å². The number of carboxylic acid groups (broad SMARTS) is 1. The highest BCUT2D eigenvalue weighted by atomic mass is 32.2. The Balaban J connectivity index is 4.39. The van der Waals surface area contributed by atoms with Crippen molar-refractivity contribution in [3.8, 4) is 0 Å². The van der Waals surface area contributed by atoms with Gasteiger partial charge in [-0.2, -0.15) is 11.8 Å². The molecule has 3 amide bonds. The average molecular weight is 304 g/mol. The minimum absolute atomic E-state index is 0.0164. The van der Waals surface area contributed by atoms with Crippen molar-refractivity contribution < 1.29 is 19.5 Å². The van der Waals surface area contributed by atoms with Gasteiger partial charge in [0.2, 0.25) is 5.91 Å². The van der Waals surface area contributed by atoms with E-state index in [-0.39, 0.29) is 12.5 Å². The first-order valence-electron chi connectivity index (χ1n) is 6.40. The summed E-state index contributed by atoms with van der Waals surface area (Å²) in [5.74, 6) is -0.716. The Kier molecular flexibility index (Phi) is 7.63. The van der Waals surface area contributed by atoms with E-state index in [1.54, 1.807) is 18.8 Å². The van der Waals surface area contributed by atoms with Crippen LogP contribution in [0.2, 0.25) is 0 Å². The van der Waals surface area contributed by atoms with Crippen LogP contribution in [0.5, 0.6) is 0 Å². The van der Waals surface area contributed by atoms with Gasteiger partial charge < -0.3 is 10.0 Å². The summed E-state index contributed by atoms with van der Waals surface area (Å²) >= 11 is 1.69. The van der Waals surface area contributed by atoms with E-state index < -0.39 is 23.3 Å². The highest BCUT2D eigenvalue weighted by Gasteiger charge is 2.31. The van der Waals surface area contributed by atoms with Gasteiger partial charge >= 0.3 is 12.0 Å². The molecule has 0 spiro atoms. The Hall–Kier alpha value is -1.24. The summed E-state index contributed by atoms with van der Waals surface area (Å²) in [4.78, 5) is 35.9. The fraction of sp³-hybridized carbons (Fsp3) is 0.769. The van der Waals surface area contributed by atoms with Crippen molar-refractivity contribution in [1.82, 2.24) is 10.2 Å². The predicted octanol–water partition coefficient (Wildman–Crippen LogP) is 1.80. The number of thioether (sulfide) groups is 1. The number of hydrogen-bond acceptors (Lipinski definition) is 4. The fourth-order valence-electron chi connectivity index (χ4n) is 1.41. The number of aliphatic carboxylic acids is 1. The third-order valence-corrected chi connectivity index (χ3v) is 3.79. The quantitative estimate of drug-likeness (QED) is 0.749. The van der Waals surface area contributed by atoms with Crippen LogP contribution in [0.15, 0.2) is 0 Å². The number of rotatable bonds is 7. The maximum atomic E-state index is 11.9. The molecule has 0 heterocycles. The molecule has 0 aromatic rings. The molecule has 0 bridgehead atoms. The monoisotopic (exact) mass is 304 g/mol. The van der Waals surface area contributed by atoms with Gasteiger partial charge in [-0.3, -0.25) is 14.9 Å². The van der Waals surface area contributed by atoms with E-state index >= 15 is 0 Å². The molecule has 1 atom stereocenters. The Bertz CT molecular complexity index is 371. The first kappa shape index (κ1) is 18.8. The van der Waals surface area contributed by atoms with E-state index in [0.29, 0.717) is 0 Å². The van der Waals surface area contributed by atoms with Crippen LogP contribution in [0.25, 0.3) is 0 Å². The Morgan fingerprint density at radius 1 is 1.35 bits per heavy atom. The smallest absolute Gasteiger partial charge is 0.324 e. The Labute approximate surface area is 124 Å². The molecule has 0 aliphatic rings. The molecular formula is C13H24N2O4S. The van der Waals surface area contributed by atoms with E-state index in [4.69, 9.17) is 5.11 Å².